The Kier molecular flexibility index (Phi) is 7.49. The van der Waals surface area contributed by atoms with E-state index in [1.807, 2.05) is 20.8 Å². The molecular formula is C6H15BrO3Zr. The Morgan fingerprint density at radius 1 is 0.909 bits per heavy atom. The fourth-order valence-electron chi connectivity index (χ4n) is 0.642. The summed E-state index contributed by atoms with van der Waals surface area (Å²) in [6.07, 6.45) is 0. The van der Waals surface area contributed by atoms with Gasteiger partial charge in [0.05, 0.1) is 0 Å². The van der Waals surface area contributed by atoms with Gasteiger partial charge in [-0.25, -0.2) is 0 Å². The first-order chi connectivity index (χ1) is 5.18. The van der Waals surface area contributed by atoms with Crippen LogP contribution in [0.5, 0.6) is 0 Å². The maximum absolute atomic E-state index is 5.39. The van der Waals surface area contributed by atoms with Crippen molar-refractivity contribution in [3.63, 3.8) is 0 Å². The van der Waals surface area contributed by atoms with E-state index in [0.717, 1.165) is 0 Å². The zero-order valence-electron chi connectivity index (χ0n) is 7.22. The minimum atomic E-state index is -3.15. The molecule has 0 atom stereocenters. The van der Waals surface area contributed by atoms with Gasteiger partial charge in [-0.15, -0.1) is 0 Å². The van der Waals surface area contributed by atoms with Crippen molar-refractivity contribution in [2.75, 3.05) is 19.8 Å². The van der Waals surface area contributed by atoms with E-state index < -0.39 is 19.2 Å². The summed E-state index contributed by atoms with van der Waals surface area (Å²) in [4.78, 5) is 0. The maximum atomic E-state index is 5.39. The molecule has 68 valence electrons. The molecule has 0 aromatic carbocycles. The van der Waals surface area contributed by atoms with Crippen LogP contribution in [0.2, 0.25) is 0 Å². The second-order valence-corrected chi connectivity index (χ2v) is 12.0. The van der Waals surface area contributed by atoms with Gasteiger partial charge in [0.2, 0.25) is 0 Å². The first-order valence-corrected chi connectivity index (χ1v) is 12.4. The monoisotopic (exact) mass is 304 g/mol. The van der Waals surface area contributed by atoms with Crippen LogP contribution in [0.3, 0.4) is 0 Å². The van der Waals surface area contributed by atoms with Crippen molar-refractivity contribution in [3.05, 3.63) is 0 Å². The van der Waals surface area contributed by atoms with Crippen molar-refractivity contribution in [1.82, 2.24) is 0 Å². The Balaban J connectivity index is 3.79. The number of hydrogen-bond acceptors (Lipinski definition) is 3. The molecule has 5 heteroatoms. The van der Waals surface area contributed by atoms with Crippen LogP contribution in [0.4, 0.5) is 0 Å². The predicted molar refractivity (Wildman–Crippen MR) is 43.8 cm³/mol. The van der Waals surface area contributed by atoms with Crippen LogP contribution in [0.1, 0.15) is 20.8 Å². The Morgan fingerprint density at radius 3 is 1.36 bits per heavy atom. The van der Waals surface area contributed by atoms with Crippen molar-refractivity contribution in [3.8, 4) is 0 Å². The summed E-state index contributed by atoms with van der Waals surface area (Å²) in [5.41, 5.74) is 0. The summed E-state index contributed by atoms with van der Waals surface area (Å²) in [6, 6.07) is 0. The van der Waals surface area contributed by atoms with E-state index in [0.29, 0.717) is 19.8 Å². The van der Waals surface area contributed by atoms with E-state index in [2.05, 4.69) is 12.2 Å². The normalized spacial score (nSPS) is 12.0. The zero-order valence-corrected chi connectivity index (χ0v) is 11.3. The Labute approximate surface area is 80.1 Å². The van der Waals surface area contributed by atoms with Gasteiger partial charge in [0.1, 0.15) is 0 Å². The molecule has 0 saturated carbocycles. The molecule has 3 nitrogen and oxygen atoms in total. The van der Waals surface area contributed by atoms with Gasteiger partial charge in [-0.2, -0.15) is 0 Å². The molecule has 11 heavy (non-hydrogen) atoms. The van der Waals surface area contributed by atoms with E-state index in [4.69, 9.17) is 8.44 Å². The second-order valence-electron chi connectivity index (χ2n) is 1.78. The molecule has 0 aliphatic heterocycles. The molecule has 0 aromatic rings. The van der Waals surface area contributed by atoms with Crippen LogP contribution in [0, 0.1) is 0 Å². The molecule has 0 rings (SSSR count). The molecule has 0 radical (unpaired) electrons. The zero-order chi connectivity index (χ0) is 8.74. The summed E-state index contributed by atoms with van der Waals surface area (Å²) in [7, 11) is 0. The van der Waals surface area contributed by atoms with Gasteiger partial charge < -0.3 is 0 Å². The molecule has 0 fully saturated rings. The first kappa shape index (κ1) is 12.2. The first-order valence-electron chi connectivity index (χ1n) is 3.79. The summed E-state index contributed by atoms with van der Waals surface area (Å²) in [5, 5.41) is 0. The third kappa shape index (κ3) is 5.48. The van der Waals surface area contributed by atoms with Crippen molar-refractivity contribution < 1.29 is 27.7 Å². The molecule has 0 heterocycles. The van der Waals surface area contributed by atoms with Gasteiger partial charge >= 0.3 is 80.5 Å². The fourth-order valence-corrected chi connectivity index (χ4v) is 7.86. The number of hydrogen-bond donors (Lipinski definition) is 0. The second kappa shape index (κ2) is 6.73. The van der Waals surface area contributed by atoms with Gasteiger partial charge in [-0.05, 0) is 0 Å². The third-order valence-corrected chi connectivity index (χ3v) is 9.68. The van der Waals surface area contributed by atoms with Gasteiger partial charge in [0.15, 0.2) is 0 Å². The minimum absolute atomic E-state index is 0.640. The van der Waals surface area contributed by atoms with Crippen molar-refractivity contribution in [1.29, 1.82) is 0 Å². The van der Waals surface area contributed by atoms with Gasteiger partial charge in [0.25, 0.3) is 0 Å². The van der Waals surface area contributed by atoms with E-state index in [-0.39, 0.29) is 0 Å². The van der Waals surface area contributed by atoms with Gasteiger partial charge in [-0.3, -0.25) is 0 Å². The molecule has 0 aliphatic carbocycles. The van der Waals surface area contributed by atoms with E-state index in [1.165, 1.54) is 0 Å². The van der Waals surface area contributed by atoms with Crippen LogP contribution < -0.4 is 0 Å². The predicted octanol–water partition coefficient (Wildman–Crippen LogP) is 2.30. The summed E-state index contributed by atoms with van der Waals surface area (Å²) in [6.45, 7) is 7.73. The summed E-state index contributed by atoms with van der Waals surface area (Å²) >= 11 is 0.255. The average Bonchev–Trinajstić information content (AvgIpc) is 1.88. The van der Waals surface area contributed by atoms with E-state index >= 15 is 0 Å². The average molecular weight is 306 g/mol. The fraction of sp³-hybridized carbons (Fsp3) is 1.00. The van der Waals surface area contributed by atoms with Crippen LogP contribution in [-0.4, -0.2) is 19.8 Å². The Bertz CT molecular complexity index is 84.8. The quantitative estimate of drug-likeness (QED) is 0.754. The SMILES string of the molecule is CC[O][Zr]([Br])([O]CC)[O]CC. The molecule has 0 bridgehead atoms. The van der Waals surface area contributed by atoms with Gasteiger partial charge in [0, 0.05) is 0 Å². The Hall–Kier alpha value is 1.24. The molecule has 0 amide bonds. The van der Waals surface area contributed by atoms with Crippen LogP contribution >= 0.6 is 12.2 Å². The van der Waals surface area contributed by atoms with Gasteiger partial charge in [-0.1, -0.05) is 0 Å². The molecular weight excluding hydrogens is 291 g/mol. The molecule has 0 unspecified atom stereocenters. The van der Waals surface area contributed by atoms with Crippen LogP contribution in [0.15, 0.2) is 0 Å². The molecule has 0 aromatic heterocycles. The van der Waals surface area contributed by atoms with E-state index in [9.17, 15) is 0 Å². The summed E-state index contributed by atoms with van der Waals surface area (Å²) in [5.74, 6) is 0. The molecule has 0 N–H and O–H groups in total. The van der Waals surface area contributed by atoms with Crippen molar-refractivity contribution in [2.45, 2.75) is 20.8 Å². The van der Waals surface area contributed by atoms with Crippen molar-refractivity contribution >= 4 is 12.2 Å². The summed E-state index contributed by atoms with van der Waals surface area (Å²) < 4.78 is 16.2. The number of halogens is 1. The standard InChI is InChI=1S/3C2H5O.BrH.Zr/c3*1-2-3;;/h3*2H2,1H3;1H;/q3*-1;;+4/p-1. The molecule has 0 aliphatic rings. The van der Waals surface area contributed by atoms with E-state index in [1.54, 1.807) is 0 Å². The van der Waals surface area contributed by atoms with Crippen LogP contribution in [-0.2, 0) is 27.7 Å². The van der Waals surface area contributed by atoms with Crippen LogP contribution in [0.25, 0.3) is 0 Å². The third-order valence-electron chi connectivity index (χ3n) is 0.950. The van der Waals surface area contributed by atoms with Crippen molar-refractivity contribution in [2.24, 2.45) is 0 Å². The molecule has 0 saturated heterocycles. The number of rotatable bonds is 6. The molecule has 0 spiro atoms. The topological polar surface area (TPSA) is 27.7 Å². The Morgan fingerprint density at radius 2 is 1.18 bits per heavy atom.